The third-order valence-electron chi connectivity index (χ3n) is 3.26. The highest BCUT2D eigenvalue weighted by Crippen LogP contribution is 2.29. The zero-order valence-corrected chi connectivity index (χ0v) is 9.12. The second-order valence-electron chi connectivity index (χ2n) is 4.32. The van der Waals surface area contributed by atoms with Gasteiger partial charge in [0.05, 0.1) is 11.3 Å². The van der Waals surface area contributed by atoms with Gasteiger partial charge in [0.25, 0.3) is 0 Å². The molecule has 0 saturated heterocycles. The van der Waals surface area contributed by atoms with Crippen molar-refractivity contribution < 1.29 is 14.7 Å². The molecule has 0 unspecified atom stereocenters. The molecule has 2 N–H and O–H groups in total. The lowest BCUT2D eigenvalue weighted by Gasteiger charge is -2.09. The lowest BCUT2D eigenvalue weighted by molar-refractivity contribution is 0.0697. The van der Waals surface area contributed by atoms with E-state index in [1.165, 1.54) is 0 Å². The molecule has 1 aliphatic carbocycles. The second kappa shape index (κ2) is 3.45. The van der Waals surface area contributed by atoms with Crippen molar-refractivity contribution in [1.82, 2.24) is 4.98 Å². The smallest absolute Gasteiger partial charge is 0.335 e. The van der Waals surface area contributed by atoms with Crippen LogP contribution in [0.25, 0.3) is 10.9 Å². The number of carboxylic acids is 1. The summed E-state index contributed by atoms with van der Waals surface area (Å²) >= 11 is 0. The number of aromatic nitrogens is 1. The fraction of sp³-hybridized carbons (Fsp3) is 0.231. The van der Waals surface area contributed by atoms with Crippen LogP contribution < -0.4 is 0 Å². The van der Waals surface area contributed by atoms with E-state index in [1.54, 1.807) is 18.2 Å². The Morgan fingerprint density at radius 3 is 2.88 bits per heavy atom. The van der Waals surface area contributed by atoms with E-state index < -0.39 is 5.97 Å². The number of hydrogen-bond acceptors (Lipinski definition) is 2. The number of rotatable bonds is 1. The second-order valence-corrected chi connectivity index (χ2v) is 4.32. The van der Waals surface area contributed by atoms with Crippen LogP contribution in [0.1, 0.15) is 39.3 Å². The monoisotopic (exact) mass is 229 g/mol. The van der Waals surface area contributed by atoms with E-state index in [0.717, 1.165) is 29.3 Å². The van der Waals surface area contributed by atoms with Crippen molar-refractivity contribution in [3.8, 4) is 0 Å². The molecule has 2 aromatic rings. The zero-order valence-electron chi connectivity index (χ0n) is 9.12. The number of aromatic amines is 1. The van der Waals surface area contributed by atoms with Gasteiger partial charge in [-0.1, -0.05) is 6.07 Å². The van der Waals surface area contributed by atoms with E-state index in [1.807, 2.05) is 0 Å². The summed E-state index contributed by atoms with van der Waals surface area (Å²) in [6, 6.07) is 4.95. The van der Waals surface area contributed by atoms with Crippen molar-refractivity contribution in [2.45, 2.75) is 19.3 Å². The number of carboxylic acid groups (broad SMARTS) is 1. The first-order valence-corrected chi connectivity index (χ1v) is 5.58. The van der Waals surface area contributed by atoms with Crippen molar-refractivity contribution in [3.05, 3.63) is 35.0 Å². The molecule has 0 aliphatic heterocycles. The number of ketones is 1. The topological polar surface area (TPSA) is 70.2 Å². The number of H-pyrrole nitrogens is 1. The first-order chi connectivity index (χ1) is 8.16. The van der Waals surface area contributed by atoms with E-state index in [0.29, 0.717) is 12.1 Å². The summed E-state index contributed by atoms with van der Waals surface area (Å²) < 4.78 is 0. The Bertz CT molecular complexity index is 639. The molecule has 0 saturated carbocycles. The summed E-state index contributed by atoms with van der Waals surface area (Å²) in [4.78, 5) is 25.6. The normalized spacial score (nSPS) is 14.9. The minimum Gasteiger partial charge on any atom is -0.478 e. The average molecular weight is 229 g/mol. The van der Waals surface area contributed by atoms with Crippen LogP contribution in [0.5, 0.6) is 0 Å². The van der Waals surface area contributed by atoms with Crippen LogP contribution in [-0.4, -0.2) is 21.8 Å². The van der Waals surface area contributed by atoms with Crippen molar-refractivity contribution >= 4 is 22.7 Å². The highest BCUT2D eigenvalue weighted by atomic mass is 16.4. The Morgan fingerprint density at radius 2 is 2.12 bits per heavy atom. The van der Waals surface area contributed by atoms with Gasteiger partial charge in [0.15, 0.2) is 5.78 Å². The van der Waals surface area contributed by atoms with E-state index in [2.05, 4.69) is 4.98 Å². The molecular formula is C13H11NO3. The van der Waals surface area contributed by atoms with Crippen LogP contribution in [-0.2, 0) is 6.42 Å². The summed E-state index contributed by atoms with van der Waals surface area (Å²) in [6.07, 6.45) is 2.33. The summed E-state index contributed by atoms with van der Waals surface area (Å²) in [7, 11) is 0. The van der Waals surface area contributed by atoms with Gasteiger partial charge in [0.2, 0.25) is 0 Å². The van der Waals surface area contributed by atoms with Crippen molar-refractivity contribution in [3.63, 3.8) is 0 Å². The Hall–Kier alpha value is -2.10. The van der Waals surface area contributed by atoms with E-state index in [-0.39, 0.29) is 11.3 Å². The quantitative estimate of drug-likeness (QED) is 0.788. The molecule has 1 aliphatic rings. The third kappa shape index (κ3) is 1.45. The lowest BCUT2D eigenvalue weighted by atomic mass is 9.94. The minimum atomic E-state index is -0.953. The highest BCUT2D eigenvalue weighted by molar-refractivity contribution is 6.04. The third-order valence-corrected chi connectivity index (χ3v) is 3.26. The minimum absolute atomic E-state index is 0.124. The first kappa shape index (κ1) is 10.1. The maximum atomic E-state index is 11.7. The number of fused-ring (bicyclic) bond motifs is 3. The van der Waals surface area contributed by atoms with Gasteiger partial charge in [-0.05, 0) is 30.5 Å². The molecule has 0 spiro atoms. The van der Waals surface area contributed by atoms with Crippen LogP contribution in [0.2, 0.25) is 0 Å². The van der Waals surface area contributed by atoms with Gasteiger partial charge in [-0.15, -0.1) is 0 Å². The van der Waals surface area contributed by atoms with Crippen LogP contribution >= 0.6 is 0 Å². The average Bonchev–Trinajstić information content (AvgIpc) is 2.68. The van der Waals surface area contributed by atoms with E-state index in [4.69, 9.17) is 5.11 Å². The number of Topliss-reactive ketones (excluding diaryl/α,β-unsaturated/α-hetero) is 1. The molecule has 0 radical (unpaired) electrons. The fourth-order valence-electron chi connectivity index (χ4n) is 2.44. The van der Waals surface area contributed by atoms with E-state index in [9.17, 15) is 9.59 Å². The molecule has 17 heavy (non-hydrogen) atoms. The maximum Gasteiger partial charge on any atom is 0.335 e. The number of hydrogen-bond donors (Lipinski definition) is 2. The Kier molecular flexibility index (Phi) is 2.04. The van der Waals surface area contributed by atoms with Gasteiger partial charge >= 0.3 is 5.97 Å². The molecule has 4 nitrogen and oxygen atoms in total. The molecule has 0 amide bonds. The Labute approximate surface area is 97.3 Å². The Morgan fingerprint density at radius 1 is 1.29 bits per heavy atom. The zero-order chi connectivity index (χ0) is 12.0. The van der Waals surface area contributed by atoms with Gasteiger partial charge in [-0.2, -0.15) is 0 Å². The summed E-state index contributed by atoms with van der Waals surface area (Å²) in [5, 5.41) is 9.89. The predicted octanol–water partition coefficient (Wildman–Crippen LogP) is 2.39. The van der Waals surface area contributed by atoms with Gasteiger partial charge in [0, 0.05) is 17.3 Å². The molecule has 3 rings (SSSR count). The van der Waals surface area contributed by atoms with Crippen LogP contribution in [0.3, 0.4) is 0 Å². The molecule has 86 valence electrons. The number of nitrogens with one attached hydrogen (secondary N) is 1. The molecule has 4 heteroatoms. The molecule has 0 fully saturated rings. The molecule has 1 aromatic heterocycles. The molecule has 1 heterocycles. The van der Waals surface area contributed by atoms with Crippen molar-refractivity contribution in [2.75, 3.05) is 0 Å². The van der Waals surface area contributed by atoms with Crippen molar-refractivity contribution in [2.24, 2.45) is 0 Å². The molecular weight excluding hydrogens is 218 g/mol. The largest absolute Gasteiger partial charge is 0.478 e. The molecule has 0 atom stereocenters. The van der Waals surface area contributed by atoms with Crippen molar-refractivity contribution in [1.29, 1.82) is 0 Å². The summed E-state index contributed by atoms with van der Waals surface area (Å²) in [6.45, 7) is 0. The summed E-state index contributed by atoms with van der Waals surface area (Å²) in [5.41, 5.74) is 2.68. The maximum absolute atomic E-state index is 11.7. The lowest BCUT2D eigenvalue weighted by Crippen LogP contribution is -2.09. The van der Waals surface area contributed by atoms with Crippen LogP contribution in [0, 0.1) is 0 Å². The van der Waals surface area contributed by atoms with Gasteiger partial charge in [-0.25, -0.2) is 4.79 Å². The van der Waals surface area contributed by atoms with Gasteiger partial charge in [-0.3, -0.25) is 4.79 Å². The summed E-state index contributed by atoms with van der Waals surface area (Å²) in [5.74, 6) is -0.829. The number of carbonyl (C=O) groups is 2. The van der Waals surface area contributed by atoms with E-state index >= 15 is 0 Å². The van der Waals surface area contributed by atoms with Crippen LogP contribution in [0.4, 0.5) is 0 Å². The number of aromatic carboxylic acids is 1. The number of aryl methyl sites for hydroxylation is 1. The number of carbonyl (C=O) groups excluding carboxylic acids is 1. The Balaban J connectivity index is 2.26. The number of benzene rings is 1. The molecule has 1 aromatic carbocycles. The predicted molar refractivity (Wildman–Crippen MR) is 62.5 cm³/mol. The molecule has 0 bridgehead atoms. The fourth-order valence-corrected chi connectivity index (χ4v) is 2.44. The van der Waals surface area contributed by atoms with Gasteiger partial charge < -0.3 is 10.1 Å². The first-order valence-electron chi connectivity index (χ1n) is 5.58. The SMILES string of the molecule is O=C(O)c1ccc2c3c([nH]c2c1)C(=O)CCC3. The standard InChI is InChI=1S/C13H11NO3/c15-11-3-1-2-9-8-5-4-7(13(16)17)6-10(8)14-12(9)11/h4-6,14H,1-3H2,(H,16,17). The highest BCUT2D eigenvalue weighted by Gasteiger charge is 2.22. The van der Waals surface area contributed by atoms with Crippen LogP contribution in [0.15, 0.2) is 18.2 Å². The van der Waals surface area contributed by atoms with Gasteiger partial charge in [0.1, 0.15) is 0 Å².